The molecule has 146 valence electrons. The molecule has 1 saturated carbocycles. The average molecular weight is 381 g/mol. The number of carbonyl (C=O) groups is 2. The van der Waals surface area contributed by atoms with E-state index >= 15 is 0 Å². The third kappa shape index (κ3) is 3.88. The zero-order chi connectivity index (χ0) is 19.5. The first kappa shape index (κ1) is 18.1. The molecule has 9 heteroatoms. The predicted molar refractivity (Wildman–Crippen MR) is 103 cm³/mol. The first-order valence-electron chi connectivity index (χ1n) is 9.49. The Morgan fingerprint density at radius 1 is 1.25 bits per heavy atom. The maximum Gasteiger partial charge on any atom is 0.272 e. The number of hydrogen-bond donors (Lipinski definition) is 3. The van der Waals surface area contributed by atoms with E-state index in [9.17, 15) is 9.59 Å². The number of rotatable bonds is 5. The van der Waals surface area contributed by atoms with Gasteiger partial charge in [-0.05, 0) is 37.7 Å². The summed E-state index contributed by atoms with van der Waals surface area (Å²) in [5.41, 5.74) is 1.64. The monoisotopic (exact) mass is 381 g/mol. The number of nitrogens with one attached hydrogen (secondary N) is 3. The van der Waals surface area contributed by atoms with Crippen molar-refractivity contribution in [1.29, 1.82) is 0 Å². The van der Waals surface area contributed by atoms with Crippen LogP contribution in [0, 0.1) is 5.92 Å². The van der Waals surface area contributed by atoms with Crippen molar-refractivity contribution in [1.82, 2.24) is 35.1 Å². The van der Waals surface area contributed by atoms with Crippen molar-refractivity contribution in [2.75, 3.05) is 6.54 Å². The molecule has 1 aliphatic carbocycles. The van der Waals surface area contributed by atoms with Crippen molar-refractivity contribution < 1.29 is 9.59 Å². The number of carbonyl (C=O) groups excluding carboxylic acids is 2. The van der Waals surface area contributed by atoms with E-state index in [-0.39, 0.29) is 17.9 Å². The van der Waals surface area contributed by atoms with E-state index in [1.807, 2.05) is 6.07 Å². The summed E-state index contributed by atoms with van der Waals surface area (Å²) >= 11 is 0. The smallest absolute Gasteiger partial charge is 0.272 e. The lowest BCUT2D eigenvalue weighted by Crippen LogP contribution is -2.40. The summed E-state index contributed by atoms with van der Waals surface area (Å²) in [7, 11) is 0. The van der Waals surface area contributed by atoms with Gasteiger partial charge in [-0.2, -0.15) is 0 Å². The predicted octanol–water partition coefficient (Wildman–Crippen LogP) is 1.57. The van der Waals surface area contributed by atoms with Crippen LogP contribution in [-0.2, 0) is 4.79 Å². The Balaban J connectivity index is 1.46. The van der Waals surface area contributed by atoms with Gasteiger partial charge in [0.15, 0.2) is 5.69 Å². The number of fused-ring (bicyclic) bond motifs is 1. The van der Waals surface area contributed by atoms with Crippen LogP contribution in [0.25, 0.3) is 17.0 Å². The van der Waals surface area contributed by atoms with Gasteiger partial charge in [0.25, 0.3) is 5.91 Å². The number of aromatic nitrogens is 5. The molecule has 28 heavy (non-hydrogen) atoms. The number of amides is 2. The van der Waals surface area contributed by atoms with E-state index in [0.717, 1.165) is 25.7 Å². The fourth-order valence-corrected chi connectivity index (χ4v) is 3.64. The van der Waals surface area contributed by atoms with Crippen molar-refractivity contribution in [3.05, 3.63) is 36.7 Å². The van der Waals surface area contributed by atoms with E-state index in [1.165, 1.54) is 6.92 Å². The molecule has 0 unspecified atom stereocenters. The lowest BCUT2D eigenvalue weighted by Gasteiger charge is -2.29. The molecule has 0 saturated heterocycles. The number of hydrogen-bond acceptors (Lipinski definition) is 5. The summed E-state index contributed by atoms with van der Waals surface area (Å²) in [6.07, 6.45) is 10.5. The quantitative estimate of drug-likeness (QED) is 0.620. The zero-order valence-electron chi connectivity index (χ0n) is 15.7. The van der Waals surface area contributed by atoms with Crippen molar-refractivity contribution >= 4 is 22.8 Å². The minimum Gasteiger partial charge on any atom is -0.358 e. The van der Waals surface area contributed by atoms with Crippen LogP contribution in [0.4, 0.5) is 0 Å². The second-order valence-corrected chi connectivity index (χ2v) is 7.21. The molecule has 1 aliphatic rings. The molecular weight excluding hydrogens is 358 g/mol. The van der Waals surface area contributed by atoms with Gasteiger partial charge in [-0.1, -0.05) is 0 Å². The third-order valence-corrected chi connectivity index (χ3v) is 5.17. The SMILES string of the molecule is CC(=O)NC[C@H]1CC[C@H](NC(=O)c2nc(-n3ccnc3)nc3cc[nH]c23)CC1. The zero-order valence-corrected chi connectivity index (χ0v) is 15.7. The van der Waals surface area contributed by atoms with Gasteiger partial charge in [-0.3, -0.25) is 14.2 Å². The molecule has 0 atom stereocenters. The summed E-state index contributed by atoms with van der Waals surface area (Å²) in [6.45, 7) is 2.24. The van der Waals surface area contributed by atoms with Gasteiger partial charge >= 0.3 is 0 Å². The van der Waals surface area contributed by atoms with E-state index in [0.29, 0.717) is 35.1 Å². The van der Waals surface area contributed by atoms with Crippen molar-refractivity contribution in [2.24, 2.45) is 5.92 Å². The molecular formula is C19H23N7O2. The molecule has 0 radical (unpaired) electrons. The van der Waals surface area contributed by atoms with Gasteiger partial charge in [-0.15, -0.1) is 0 Å². The Morgan fingerprint density at radius 2 is 2.07 bits per heavy atom. The topological polar surface area (TPSA) is 118 Å². The summed E-state index contributed by atoms with van der Waals surface area (Å²) in [5, 5.41) is 5.99. The number of H-pyrrole nitrogens is 1. The van der Waals surface area contributed by atoms with Crippen LogP contribution in [0.2, 0.25) is 0 Å². The van der Waals surface area contributed by atoms with Gasteiger partial charge < -0.3 is 15.6 Å². The minimum absolute atomic E-state index is 0.00264. The first-order valence-corrected chi connectivity index (χ1v) is 9.49. The molecule has 3 aromatic rings. The van der Waals surface area contributed by atoms with Gasteiger partial charge in [0, 0.05) is 38.1 Å². The van der Waals surface area contributed by atoms with Crippen molar-refractivity contribution in [3.8, 4) is 5.95 Å². The Bertz CT molecular complexity index is 972. The summed E-state index contributed by atoms with van der Waals surface area (Å²) in [6, 6.07) is 1.93. The van der Waals surface area contributed by atoms with Crippen LogP contribution in [0.15, 0.2) is 31.0 Å². The number of aromatic amines is 1. The van der Waals surface area contributed by atoms with Crippen LogP contribution < -0.4 is 10.6 Å². The van der Waals surface area contributed by atoms with Gasteiger partial charge in [0.1, 0.15) is 6.33 Å². The highest BCUT2D eigenvalue weighted by Crippen LogP contribution is 2.24. The third-order valence-electron chi connectivity index (χ3n) is 5.17. The molecule has 4 rings (SSSR count). The highest BCUT2D eigenvalue weighted by atomic mass is 16.2. The maximum absolute atomic E-state index is 12.9. The Labute approximate surface area is 162 Å². The van der Waals surface area contributed by atoms with E-state index in [1.54, 1.807) is 29.5 Å². The molecule has 3 aromatic heterocycles. The first-order chi connectivity index (χ1) is 13.6. The highest BCUT2D eigenvalue weighted by Gasteiger charge is 2.25. The van der Waals surface area contributed by atoms with Gasteiger partial charge in [0.2, 0.25) is 11.9 Å². The molecule has 0 aliphatic heterocycles. The lowest BCUT2D eigenvalue weighted by atomic mass is 9.86. The van der Waals surface area contributed by atoms with Crippen molar-refractivity contribution in [3.63, 3.8) is 0 Å². The molecule has 1 fully saturated rings. The molecule has 3 N–H and O–H groups in total. The van der Waals surface area contributed by atoms with Crippen LogP contribution in [0.3, 0.4) is 0 Å². The second-order valence-electron chi connectivity index (χ2n) is 7.21. The van der Waals surface area contributed by atoms with Crippen molar-refractivity contribution in [2.45, 2.75) is 38.6 Å². The Hall–Kier alpha value is -3.23. The van der Waals surface area contributed by atoms with Crippen LogP contribution >= 0.6 is 0 Å². The standard InChI is InChI=1S/C19H23N7O2/c1-12(27)22-10-13-2-4-14(5-3-13)23-18(28)17-16-15(6-7-21-16)24-19(25-17)26-9-8-20-11-26/h6-9,11,13-14,21H,2-5,10H2,1H3,(H,22,27)(H,23,28)/t13-,14-. The Morgan fingerprint density at radius 3 is 2.79 bits per heavy atom. The van der Waals surface area contributed by atoms with E-state index < -0.39 is 0 Å². The van der Waals surface area contributed by atoms with Gasteiger partial charge in [-0.25, -0.2) is 15.0 Å². The fraction of sp³-hybridized carbons (Fsp3) is 0.421. The summed E-state index contributed by atoms with van der Waals surface area (Å²) in [4.78, 5) is 40.0. The largest absolute Gasteiger partial charge is 0.358 e. The second kappa shape index (κ2) is 7.79. The fourth-order valence-electron chi connectivity index (χ4n) is 3.64. The summed E-state index contributed by atoms with van der Waals surface area (Å²) < 4.78 is 1.68. The molecule has 0 aromatic carbocycles. The summed E-state index contributed by atoms with van der Waals surface area (Å²) in [5.74, 6) is 0.678. The molecule has 3 heterocycles. The average Bonchev–Trinajstić information content (AvgIpc) is 3.38. The van der Waals surface area contributed by atoms with Crippen LogP contribution in [0.1, 0.15) is 43.1 Å². The van der Waals surface area contributed by atoms with Crippen LogP contribution in [-0.4, -0.2) is 48.9 Å². The Kier molecular flexibility index (Phi) is 5.05. The van der Waals surface area contributed by atoms with E-state index in [4.69, 9.17) is 0 Å². The lowest BCUT2D eigenvalue weighted by molar-refractivity contribution is -0.119. The molecule has 9 nitrogen and oxygen atoms in total. The number of nitrogens with zero attached hydrogens (tertiary/aromatic N) is 4. The molecule has 2 amide bonds. The number of imidazole rings is 1. The molecule has 0 spiro atoms. The minimum atomic E-state index is -0.207. The maximum atomic E-state index is 12.9. The van der Waals surface area contributed by atoms with E-state index in [2.05, 4.69) is 30.6 Å². The van der Waals surface area contributed by atoms with Gasteiger partial charge in [0.05, 0.1) is 11.0 Å². The van der Waals surface area contributed by atoms with Crippen LogP contribution in [0.5, 0.6) is 0 Å². The molecule has 0 bridgehead atoms. The normalized spacial score (nSPS) is 19.5. The highest BCUT2D eigenvalue weighted by molar-refractivity contribution is 6.03.